The molecule has 12 heteroatoms. The Labute approximate surface area is 182 Å². The van der Waals surface area contributed by atoms with Crippen molar-refractivity contribution < 1.29 is 22.1 Å². The van der Waals surface area contributed by atoms with Crippen LogP contribution in [-0.2, 0) is 10.0 Å². The maximum absolute atomic E-state index is 13.3. The van der Waals surface area contributed by atoms with Crippen LogP contribution in [-0.4, -0.2) is 47.1 Å². The maximum atomic E-state index is 13.3. The minimum absolute atomic E-state index is 0.0978. The quantitative estimate of drug-likeness (QED) is 0.615. The molecule has 1 amide bonds. The number of nitrogens with zero attached hydrogens (tertiary/aromatic N) is 4. The molecule has 3 aromatic rings. The number of anilines is 1. The molecular weight excluding hydrogens is 445 g/mol. The van der Waals surface area contributed by atoms with Gasteiger partial charge < -0.3 is 9.84 Å². The number of hydrogen-bond donors (Lipinski definition) is 1. The number of nitrogens with one attached hydrogen (secondary N) is 1. The molecule has 4 rings (SSSR count). The van der Waals surface area contributed by atoms with E-state index >= 15 is 0 Å². The van der Waals surface area contributed by atoms with Gasteiger partial charge in [0.2, 0.25) is 15.0 Å². The molecule has 0 radical (unpaired) electrons. The molecule has 0 unspecified atom stereocenters. The molecule has 0 aliphatic carbocycles. The zero-order chi connectivity index (χ0) is 22.2. The predicted octanol–water partition coefficient (Wildman–Crippen LogP) is 3.10. The highest BCUT2D eigenvalue weighted by Gasteiger charge is 2.36. The van der Waals surface area contributed by atoms with Gasteiger partial charge >= 0.3 is 0 Å². The number of halogens is 1. The molecule has 1 aromatic carbocycles. The molecule has 9 nitrogen and oxygen atoms in total. The van der Waals surface area contributed by atoms with E-state index in [0.717, 1.165) is 17.8 Å². The number of aromatic nitrogens is 3. The highest BCUT2D eigenvalue weighted by Crippen LogP contribution is 2.33. The van der Waals surface area contributed by atoms with Gasteiger partial charge in [-0.25, -0.2) is 12.8 Å². The third-order valence-electron chi connectivity index (χ3n) is 5.02. The van der Waals surface area contributed by atoms with Crippen molar-refractivity contribution in [3.05, 3.63) is 51.6 Å². The van der Waals surface area contributed by atoms with Crippen molar-refractivity contribution in [1.29, 1.82) is 0 Å². The second-order valence-corrected chi connectivity index (χ2v) is 10.1. The molecular formula is C19H20FN5O4S2. The second-order valence-electron chi connectivity index (χ2n) is 7.27. The molecule has 0 spiro atoms. The monoisotopic (exact) mass is 465 g/mol. The summed E-state index contributed by atoms with van der Waals surface area (Å²) in [7, 11) is -3.76. The van der Waals surface area contributed by atoms with E-state index in [2.05, 4.69) is 20.7 Å². The number of amides is 1. The fourth-order valence-corrected chi connectivity index (χ4v) is 6.26. The van der Waals surface area contributed by atoms with Crippen LogP contribution in [0.3, 0.4) is 0 Å². The van der Waals surface area contributed by atoms with Crippen LogP contribution in [0.15, 0.2) is 33.7 Å². The number of piperidine rings is 1. The van der Waals surface area contributed by atoms with Crippen LogP contribution in [0.25, 0.3) is 0 Å². The largest absolute Gasteiger partial charge is 0.360 e. The molecule has 164 valence electrons. The van der Waals surface area contributed by atoms with Gasteiger partial charge in [-0.3, -0.25) is 4.79 Å². The molecule has 1 fully saturated rings. The van der Waals surface area contributed by atoms with Gasteiger partial charge in [0.25, 0.3) is 5.91 Å². The van der Waals surface area contributed by atoms with E-state index in [9.17, 15) is 17.6 Å². The third kappa shape index (κ3) is 4.36. The minimum atomic E-state index is -3.76. The Morgan fingerprint density at radius 3 is 2.84 bits per heavy atom. The summed E-state index contributed by atoms with van der Waals surface area (Å²) in [6.07, 6.45) is 1.38. The van der Waals surface area contributed by atoms with Crippen molar-refractivity contribution in [1.82, 2.24) is 19.7 Å². The number of carbonyl (C=O) groups is 1. The summed E-state index contributed by atoms with van der Waals surface area (Å²) in [6, 6.07) is 5.55. The Bertz CT molecular complexity index is 1200. The first-order valence-electron chi connectivity index (χ1n) is 9.59. The van der Waals surface area contributed by atoms with E-state index < -0.39 is 21.7 Å². The minimum Gasteiger partial charge on any atom is -0.360 e. The number of benzene rings is 1. The topological polar surface area (TPSA) is 118 Å². The molecule has 1 atom stereocenters. The summed E-state index contributed by atoms with van der Waals surface area (Å²) in [5, 5.41) is 15.1. The van der Waals surface area contributed by atoms with Crippen LogP contribution < -0.4 is 5.32 Å². The summed E-state index contributed by atoms with van der Waals surface area (Å²) < 4.78 is 46.0. The van der Waals surface area contributed by atoms with Crippen molar-refractivity contribution in [3.8, 4) is 0 Å². The second kappa shape index (κ2) is 8.44. The molecule has 3 heterocycles. The smallest absolute Gasteiger partial charge is 0.286 e. The van der Waals surface area contributed by atoms with Crippen LogP contribution in [0.2, 0.25) is 0 Å². The highest BCUT2D eigenvalue weighted by molar-refractivity contribution is 7.89. The van der Waals surface area contributed by atoms with E-state index in [4.69, 9.17) is 4.52 Å². The molecule has 1 aliphatic rings. The van der Waals surface area contributed by atoms with Crippen LogP contribution in [0.1, 0.15) is 45.0 Å². The van der Waals surface area contributed by atoms with Gasteiger partial charge in [0.05, 0.1) is 0 Å². The van der Waals surface area contributed by atoms with Gasteiger partial charge in [0, 0.05) is 24.7 Å². The number of hydrogen-bond acceptors (Lipinski definition) is 8. The molecule has 1 saturated heterocycles. The average molecular weight is 466 g/mol. The maximum Gasteiger partial charge on any atom is 0.286 e. The molecule has 0 saturated carbocycles. The first kappa shape index (κ1) is 21.5. The first-order chi connectivity index (χ1) is 14.8. The Kier molecular flexibility index (Phi) is 5.86. The van der Waals surface area contributed by atoms with E-state index in [1.54, 1.807) is 19.9 Å². The van der Waals surface area contributed by atoms with Gasteiger partial charge in [-0.05, 0) is 44.9 Å². The number of sulfonamides is 1. The lowest BCUT2D eigenvalue weighted by atomic mass is 10.0. The van der Waals surface area contributed by atoms with Gasteiger partial charge in [-0.1, -0.05) is 22.6 Å². The van der Waals surface area contributed by atoms with Crippen LogP contribution >= 0.6 is 11.3 Å². The Morgan fingerprint density at radius 1 is 1.32 bits per heavy atom. The third-order valence-corrected chi connectivity index (χ3v) is 8.21. The molecule has 2 aromatic heterocycles. The van der Waals surface area contributed by atoms with Crippen molar-refractivity contribution in [2.75, 3.05) is 18.4 Å². The van der Waals surface area contributed by atoms with Crippen LogP contribution in [0.4, 0.5) is 10.1 Å². The summed E-state index contributed by atoms with van der Waals surface area (Å²) >= 11 is 1.11. The summed E-state index contributed by atoms with van der Waals surface area (Å²) in [5.41, 5.74) is 0.642. The van der Waals surface area contributed by atoms with Crippen molar-refractivity contribution in [2.24, 2.45) is 0 Å². The summed E-state index contributed by atoms with van der Waals surface area (Å²) in [6.45, 7) is 3.78. The predicted molar refractivity (Wildman–Crippen MR) is 111 cm³/mol. The molecule has 1 aliphatic heterocycles. The molecule has 31 heavy (non-hydrogen) atoms. The van der Waals surface area contributed by atoms with Gasteiger partial charge in [-0.15, -0.1) is 10.2 Å². The first-order valence-corrected chi connectivity index (χ1v) is 11.8. The Morgan fingerprint density at radius 2 is 2.13 bits per heavy atom. The fraction of sp³-hybridized carbons (Fsp3) is 0.368. The van der Waals surface area contributed by atoms with Crippen LogP contribution in [0.5, 0.6) is 0 Å². The van der Waals surface area contributed by atoms with Gasteiger partial charge in [0.15, 0.2) is 5.76 Å². The zero-order valence-electron chi connectivity index (χ0n) is 16.8. The summed E-state index contributed by atoms with van der Waals surface area (Å²) in [4.78, 5) is 12.5. The van der Waals surface area contributed by atoms with Gasteiger partial charge in [0.1, 0.15) is 21.4 Å². The standard InChI is InChI=1S/C19H20FN5O4S2/c1-11-16(12(2)29-24-11)31(27,28)25-8-4-5-13(10-25)18-22-23-19(30-18)17(26)21-15-7-3-6-14(20)9-15/h3,6-7,9,13H,4-5,8,10H2,1-2H3,(H,21,26)/t13-/m0/s1. The highest BCUT2D eigenvalue weighted by atomic mass is 32.2. The number of rotatable bonds is 5. The van der Waals surface area contributed by atoms with Crippen molar-refractivity contribution in [3.63, 3.8) is 0 Å². The van der Waals surface area contributed by atoms with Crippen molar-refractivity contribution in [2.45, 2.75) is 37.5 Å². The lowest BCUT2D eigenvalue weighted by molar-refractivity contribution is 0.102. The molecule has 0 bridgehead atoms. The number of carbonyl (C=O) groups excluding carboxylic acids is 1. The SMILES string of the molecule is Cc1noc(C)c1S(=O)(=O)N1CCC[C@H](c2nnc(C(=O)Nc3cccc(F)c3)s2)C1. The fourth-order valence-electron chi connectivity index (χ4n) is 3.58. The molecule has 1 N–H and O–H groups in total. The normalized spacial score (nSPS) is 17.6. The Balaban J connectivity index is 1.49. The summed E-state index contributed by atoms with van der Waals surface area (Å²) in [5.74, 6) is -0.882. The lowest BCUT2D eigenvalue weighted by Gasteiger charge is -2.30. The Hall–Kier alpha value is -2.70. The number of aryl methyl sites for hydroxylation is 2. The van der Waals surface area contributed by atoms with Crippen LogP contribution in [0, 0.1) is 19.7 Å². The average Bonchev–Trinajstić information content (AvgIpc) is 3.35. The van der Waals surface area contributed by atoms with E-state index in [-0.39, 0.29) is 28.1 Å². The van der Waals surface area contributed by atoms with Crippen molar-refractivity contribution >= 4 is 33.0 Å². The zero-order valence-corrected chi connectivity index (χ0v) is 18.5. The van der Waals surface area contributed by atoms with Gasteiger partial charge in [-0.2, -0.15) is 4.31 Å². The van der Waals surface area contributed by atoms with E-state index in [0.29, 0.717) is 29.4 Å². The lowest BCUT2D eigenvalue weighted by Crippen LogP contribution is -2.39. The van der Waals surface area contributed by atoms with E-state index in [1.807, 2.05) is 0 Å². The van der Waals surface area contributed by atoms with E-state index in [1.165, 1.54) is 22.5 Å².